The molecule has 0 unspecified atom stereocenters. The molecule has 1 aromatic heterocycles. The lowest BCUT2D eigenvalue weighted by molar-refractivity contribution is -0.117. The van der Waals surface area contributed by atoms with Crippen molar-refractivity contribution in [3.8, 4) is 11.8 Å². The molecule has 2 aromatic carbocycles. The molecular weight excluding hydrogens is 422 g/mol. The van der Waals surface area contributed by atoms with Gasteiger partial charge >= 0.3 is 0 Å². The van der Waals surface area contributed by atoms with Gasteiger partial charge in [-0.3, -0.25) is 9.59 Å². The average molecular weight is 444 g/mol. The summed E-state index contributed by atoms with van der Waals surface area (Å²) in [6.45, 7) is 3.89. The Morgan fingerprint density at radius 3 is 2.44 bits per heavy atom. The van der Waals surface area contributed by atoms with Crippen molar-refractivity contribution in [3.63, 3.8) is 0 Å². The van der Waals surface area contributed by atoms with Crippen LogP contribution in [0.5, 0.6) is 0 Å². The summed E-state index contributed by atoms with van der Waals surface area (Å²) in [5.41, 5.74) is 3.26. The fourth-order valence-corrected chi connectivity index (χ4v) is 3.52. The number of amides is 2. The number of nitrogens with one attached hydrogen (secondary N) is 2. The lowest BCUT2D eigenvalue weighted by Crippen LogP contribution is -2.17. The smallest absolute Gasteiger partial charge is 0.258 e. The van der Waals surface area contributed by atoms with E-state index in [1.165, 1.54) is 0 Å². The molecule has 6 heteroatoms. The average Bonchev–Trinajstić information content (AvgIpc) is 3.52. The van der Waals surface area contributed by atoms with Gasteiger partial charge in [0.15, 0.2) is 0 Å². The highest BCUT2D eigenvalue weighted by molar-refractivity contribution is 6.34. The molecule has 1 heterocycles. The van der Waals surface area contributed by atoms with E-state index in [1.807, 2.05) is 50.2 Å². The number of aromatic nitrogens is 1. The fraction of sp³-hybridized carbons (Fsp3) is 0.192. The van der Waals surface area contributed by atoms with E-state index in [0.717, 1.165) is 23.1 Å². The minimum Gasteiger partial charge on any atom is -0.326 e. The van der Waals surface area contributed by atoms with Crippen molar-refractivity contribution >= 4 is 34.9 Å². The summed E-state index contributed by atoms with van der Waals surface area (Å²) in [5.74, 6) is 6.61. The zero-order valence-electron chi connectivity index (χ0n) is 17.8. The van der Waals surface area contributed by atoms with Gasteiger partial charge in [0, 0.05) is 28.9 Å². The standard InChI is InChI=1S/C26H22ClN3O2/c1-16-13-21(16)25(31)29-20-10-11-23(27)22(14-20)26(32)30-24-17(2)12-19(15-28-24)9-8-18-6-4-3-5-7-18/h3-7,10-12,14-16,21H,13H2,1-2H3,(H,29,31)(H,28,30,32)/t16-,21-/m1/s1. The van der Waals surface area contributed by atoms with E-state index in [4.69, 9.17) is 11.6 Å². The summed E-state index contributed by atoms with van der Waals surface area (Å²) in [4.78, 5) is 29.4. The summed E-state index contributed by atoms with van der Waals surface area (Å²) < 4.78 is 0. The zero-order chi connectivity index (χ0) is 22.7. The molecule has 0 aliphatic heterocycles. The van der Waals surface area contributed by atoms with Crippen LogP contribution in [0.25, 0.3) is 0 Å². The first-order valence-corrected chi connectivity index (χ1v) is 10.7. The topological polar surface area (TPSA) is 71.1 Å². The third-order valence-corrected chi connectivity index (χ3v) is 5.69. The molecule has 2 N–H and O–H groups in total. The number of hydrogen-bond acceptors (Lipinski definition) is 3. The maximum absolute atomic E-state index is 12.8. The summed E-state index contributed by atoms with van der Waals surface area (Å²) >= 11 is 6.24. The second kappa shape index (κ2) is 9.25. The van der Waals surface area contributed by atoms with Gasteiger partial charge in [0.25, 0.3) is 5.91 Å². The molecule has 3 aromatic rings. The second-order valence-electron chi connectivity index (χ2n) is 7.96. The van der Waals surface area contributed by atoms with Gasteiger partial charge in [0.05, 0.1) is 10.6 Å². The van der Waals surface area contributed by atoms with Gasteiger partial charge in [-0.25, -0.2) is 4.98 Å². The molecule has 1 fully saturated rings. The molecule has 4 rings (SSSR count). The highest BCUT2D eigenvalue weighted by Crippen LogP contribution is 2.38. The SMILES string of the molecule is Cc1cc(C#Cc2ccccc2)cnc1NC(=O)c1cc(NC(=O)[C@@H]2C[C@H]2C)ccc1Cl. The largest absolute Gasteiger partial charge is 0.326 e. The molecule has 0 bridgehead atoms. The first-order chi connectivity index (χ1) is 15.4. The Balaban J connectivity index is 1.47. The van der Waals surface area contributed by atoms with Crippen molar-refractivity contribution in [2.24, 2.45) is 11.8 Å². The van der Waals surface area contributed by atoms with Crippen molar-refractivity contribution in [1.29, 1.82) is 0 Å². The molecule has 5 nitrogen and oxygen atoms in total. The molecular formula is C26H22ClN3O2. The third-order valence-electron chi connectivity index (χ3n) is 5.36. The van der Waals surface area contributed by atoms with E-state index in [0.29, 0.717) is 22.4 Å². The van der Waals surface area contributed by atoms with E-state index in [1.54, 1.807) is 24.4 Å². The Hall–Kier alpha value is -3.62. The van der Waals surface area contributed by atoms with Crippen molar-refractivity contribution in [2.45, 2.75) is 20.3 Å². The third kappa shape index (κ3) is 5.16. The van der Waals surface area contributed by atoms with Crippen molar-refractivity contribution in [3.05, 3.63) is 88.1 Å². The molecule has 0 saturated heterocycles. The van der Waals surface area contributed by atoms with Crippen LogP contribution in [0.3, 0.4) is 0 Å². The summed E-state index contributed by atoms with van der Waals surface area (Å²) in [6.07, 6.45) is 2.51. The number of benzene rings is 2. The van der Waals surface area contributed by atoms with Crippen LogP contribution in [-0.4, -0.2) is 16.8 Å². The molecule has 2 amide bonds. The minimum atomic E-state index is -0.399. The van der Waals surface area contributed by atoms with Crippen molar-refractivity contribution in [1.82, 2.24) is 4.98 Å². The molecule has 32 heavy (non-hydrogen) atoms. The van der Waals surface area contributed by atoms with Crippen LogP contribution in [0.2, 0.25) is 5.02 Å². The maximum atomic E-state index is 12.8. The molecule has 1 saturated carbocycles. The van der Waals surface area contributed by atoms with Gasteiger partial charge < -0.3 is 10.6 Å². The fourth-order valence-electron chi connectivity index (χ4n) is 3.31. The van der Waals surface area contributed by atoms with Gasteiger partial charge in [0.1, 0.15) is 5.82 Å². The Bertz CT molecular complexity index is 1240. The number of anilines is 2. The van der Waals surface area contributed by atoms with Crippen LogP contribution in [-0.2, 0) is 4.79 Å². The van der Waals surface area contributed by atoms with Gasteiger partial charge in [-0.1, -0.05) is 48.6 Å². The Labute approximate surface area is 192 Å². The summed E-state index contributed by atoms with van der Waals surface area (Å²) in [6, 6.07) is 16.4. The van der Waals surface area contributed by atoms with Crippen LogP contribution in [0, 0.1) is 30.6 Å². The number of carbonyl (C=O) groups excluding carboxylic acids is 2. The minimum absolute atomic E-state index is 0.0316. The number of aryl methyl sites for hydroxylation is 1. The number of hydrogen-bond donors (Lipinski definition) is 2. The van der Waals surface area contributed by atoms with E-state index < -0.39 is 5.91 Å². The summed E-state index contributed by atoms with van der Waals surface area (Å²) in [5, 5.41) is 5.95. The maximum Gasteiger partial charge on any atom is 0.258 e. The van der Waals surface area contributed by atoms with Crippen LogP contribution in [0.4, 0.5) is 11.5 Å². The number of pyridine rings is 1. The molecule has 1 aliphatic rings. The normalized spacial score (nSPS) is 16.5. The van der Waals surface area contributed by atoms with Crippen LogP contribution < -0.4 is 10.6 Å². The Morgan fingerprint density at radius 1 is 1.03 bits per heavy atom. The van der Waals surface area contributed by atoms with Gasteiger partial charge in [0.2, 0.25) is 5.91 Å². The number of nitrogens with zero attached hydrogens (tertiary/aromatic N) is 1. The summed E-state index contributed by atoms with van der Waals surface area (Å²) in [7, 11) is 0. The van der Waals surface area contributed by atoms with Gasteiger partial charge in [-0.2, -0.15) is 0 Å². The van der Waals surface area contributed by atoms with Crippen LogP contribution in [0.1, 0.15) is 40.4 Å². The monoisotopic (exact) mass is 443 g/mol. The predicted octanol–water partition coefficient (Wildman–Crippen LogP) is 5.29. The first kappa shape index (κ1) is 21.6. The first-order valence-electron chi connectivity index (χ1n) is 10.4. The molecule has 2 atom stereocenters. The number of halogens is 1. The van der Waals surface area contributed by atoms with Crippen molar-refractivity contribution in [2.75, 3.05) is 10.6 Å². The van der Waals surface area contributed by atoms with E-state index in [2.05, 4.69) is 27.5 Å². The van der Waals surface area contributed by atoms with Crippen LogP contribution >= 0.6 is 11.6 Å². The molecule has 0 radical (unpaired) electrons. The molecule has 1 aliphatic carbocycles. The number of rotatable bonds is 4. The Morgan fingerprint density at radius 2 is 1.75 bits per heavy atom. The number of carbonyl (C=O) groups is 2. The van der Waals surface area contributed by atoms with E-state index in [9.17, 15) is 9.59 Å². The van der Waals surface area contributed by atoms with Crippen molar-refractivity contribution < 1.29 is 9.59 Å². The predicted molar refractivity (Wildman–Crippen MR) is 127 cm³/mol. The molecule has 0 spiro atoms. The van der Waals surface area contributed by atoms with E-state index in [-0.39, 0.29) is 17.4 Å². The van der Waals surface area contributed by atoms with Crippen LogP contribution in [0.15, 0.2) is 60.8 Å². The lowest BCUT2D eigenvalue weighted by Gasteiger charge is -2.11. The van der Waals surface area contributed by atoms with E-state index >= 15 is 0 Å². The second-order valence-corrected chi connectivity index (χ2v) is 8.37. The Kier molecular flexibility index (Phi) is 6.25. The molecule has 160 valence electrons. The highest BCUT2D eigenvalue weighted by Gasteiger charge is 2.39. The zero-order valence-corrected chi connectivity index (χ0v) is 18.5. The lowest BCUT2D eigenvalue weighted by atomic mass is 10.1. The quantitative estimate of drug-likeness (QED) is 0.538. The highest BCUT2D eigenvalue weighted by atomic mass is 35.5. The van der Waals surface area contributed by atoms with Gasteiger partial charge in [-0.05, 0) is 61.2 Å². The van der Waals surface area contributed by atoms with Gasteiger partial charge in [-0.15, -0.1) is 0 Å².